The molecule has 0 N–H and O–H groups in total. The van der Waals surface area contributed by atoms with Crippen LogP contribution in [0.2, 0.25) is 0 Å². The van der Waals surface area contributed by atoms with E-state index in [2.05, 4.69) is 0 Å². The van der Waals surface area contributed by atoms with Crippen LogP contribution in [0.3, 0.4) is 0 Å². The molecule has 0 radical (unpaired) electrons. The Balaban J connectivity index is 1.86. The number of nitrogens with zero attached hydrogens (tertiary/aromatic N) is 1. The van der Waals surface area contributed by atoms with Crippen molar-refractivity contribution in [3.8, 4) is 5.75 Å². The van der Waals surface area contributed by atoms with E-state index in [1.165, 1.54) is 0 Å². The van der Waals surface area contributed by atoms with Crippen molar-refractivity contribution in [1.29, 1.82) is 0 Å². The van der Waals surface area contributed by atoms with E-state index in [1.54, 1.807) is 43.5 Å². The minimum absolute atomic E-state index is 0.0327. The van der Waals surface area contributed by atoms with Crippen LogP contribution in [0.4, 0.5) is 0 Å². The van der Waals surface area contributed by atoms with Crippen LogP contribution < -0.4 is 4.74 Å². The second-order valence-electron chi connectivity index (χ2n) is 5.10. The Morgan fingerprint density at radius 3 is 2.22 bits per heavy atom. The van der Waals surface area contributed by atoms with Gasteiger partial charge < -0.3 is 4.74 Å². The van der Waals surface area contributed by atoms with E-state index in [0.717, 1.165) is 10.5 Å². The molecule has 0 fully saturated rings. The first-order chi connectivity index (χ1) is 11.1. The van der Waals surface area contributed by atoms with Crippen molar-refractivity contribution in [3.05, 3.63) is 70.8 Å². The van der Waals surface area contributed by atoms with Gasteiger partial charge in [-0.1, -0.05) is 54.1 Å². The number of halogens is 1. The predicted molar refractivity (Wildman–Crippen MR) is 87.8 cm³/mol. The topological polar surface area (TPSA) is 46.6 Å². The minimum Gasteiger partial charge on any atom is -0.497 e. The summed E-state index contributed by atoms with van der Waals surface area (Å²) in [6, 6.07) is 16.2. The minimum atomic E-state index is -0.466. The zero-order chi connectivity index (χ0) is 16.4. The Bertz CT molecular complexity index is 782. The summed E-state index contributed by atoms with van der Waals surface area (Å²) >= 11 is 6.11. The van der Waals surface area contributed by atoms with Gasteiger partial charge in [-0.25, -0.2) is 0 Å². The summed E-state index contributed by atoms with van der Waals surface area (Å²) in [5.41, 5.74) is 1.73. The number of carbonyl (C=O) groups is 2. The van der Waals surface area contributed by atoms with Gasteiger partial charge in [0, 0.05) is 0 Å². The Morgan fingerprint density at radius 1 is 0.957 bits per heavy atom. The molecule has 0 spiro atoms. The number of amides is 2. The average molecular weight is 328 g/mol. The zero-order valence-electron chi connectivity index (χ0n) is 12.5. The molecule has 0 bridgehead atoms. The van der Waals surface area contributed by atoms with E-state index in [1.807, 2.05) is 18.2 Å². The van der Waals surface area contributed by atoms with Crippen molar-refractivity contribution >= 4 is 29.0 Å². The smallest absolute Gasteiger partial charge is 0.273 e. The average Bonchev–Trinajstić information content (AvgIpc) is 2.80. The van der Waals surface area contributed by atoms with Crippen molar-refractivity contribution < 1.29 is 14.3 Å². The molecule has 1 aliphatic heterocycles. The van der Waals surface area contributed by atoms with E-state index in [9.17, 15) is 9.59 Å². The van der Waals surface area contributed by atoms with Gasteiger partial charge >= 0.3 is 0 Å². The molecule has 23 heavy (non-hydrogen) atoms. The van der Waals surface area contributed by atoms with E-state index in [0.29, 0.717) is 11.3 Å². The third-order valence-corrected chi connectivity index (χ3v) is 4.02. The third-order valence-electron chi connectivity index (χ3n) is 3.67. The summed E-state index contributed by atoms with van der Waals surface area (Å²) in [7, 11) is 1.58. The van der Waals surface area contributed by atoms with Crippen molar-refractivity contribution in [1.82, 2.24) is 4.90 Å². The van der Waals surface area contributed by atoms with Crippen LogP contribution >= 0.6 is 11.6 Å². The highest BCUT2D eigenvalue weighted by Gasteiger charge is 2.37. The van der Waals surface area contributed by atoms with Crippen LogP contribution in [-0.4, -0.2) is 23.8 Å². The van der Waals surface area contributed by atoms with Crippen molar-refractivity contribution in [2.75, 3.05) is 7.11 Å². The van der Waals surface area contributed by atoms with Gasteiger partial charge in [-0.3, -0.25) is 14.5 Å². The Hall–Kier alpha value is -2.59. The molecule has 4 nitrogen and oxygen atoms in total. The highest BCUT2D eigenvalue weighted by molar-refractivity contribution is 6.55. The maximum atomic E-state index is 12.6. The van der Waals surface area contributed by atoms with Crippen LogP contribution in [0.25, 0.3) is 5.57 Å². The van der Waals surface area contributed by atoms with E-state index in [4.69, 9.17) is 16.3 Å². The molecule has 0 unspecified atom stereocenters. The molecule has 0 atom stereocenters. The van der Waals surface area contributed by atoms with Gasteiger partial charge in [0.1, 0.15) is 10.8 Å². The molecular formula is C18H14ClNO3. The van der Waals surface area contributed by atoms with Gasteiger partial charge in [0.2, 0.25) is 0 Å². The fourth-order valence-corrected chi connectivity index (χ4v) is 2.75. The van der Waals surface area contributed by atoms with Crippen molar-refractivity contribution in [2.24, 2.45) is 0 Å². The fraction of sp³-hybridized carbons (Fsp3) is 0.111. The van der Waals surface area contributed by atoms with E-state index >= 15 is 0 Å². The zero-order valence-corrected chi connectivity index (χ0v) is 13.2. The molecule has 0 aliphatic carbocycles. The molecule has 2 aromatic rings. The molecule has 3 rings (SSSR count). The summed E-state index contributed by atoms with van der Waals surface area (Å²) in [5.74, 6) is -0.123. The highest BCUT2D eigenvalue weighted by atomic mass is 35.5. The first kappa shape index (κ1) is 15.3. The molecule has 2 amide bonds. The summed E-state index contributed by atoms with van der Waals surface area (Å²) in [6.45, 7) is 0.175. The molecule has 1 aliphatic rings. The van der Waals surface area contributed by atoms with Crippen LogP contribution in [-0.2, 0) is 16.1 Å². The normalized spacial score (nSPS) is 14.6. The molecule has 116 valence electrons. The van der Waals surface area contributed by atoms with Gasteiger partial charge in [-0.05, 0) is 23.3 Å². The summed E-state index contributed by atoms with van der Waals surface area (Å²) in [6.07, 6.45) is 0. The summed E-state index contributed by atoms with van der Waals surface area (Å²) in [4.78, 5) is 26.1. The lowest BCUT2D eigenvalue weighted by molar-refractivity contribution is -0.137. The number of benzene rings is 2. The first-order valence-corrected chi connectivity index (χ1v) is 7.44. The number of methoxy groups -OCH3 is 1. The largest absolute Gasteiger partial charge is 0.497 e. The lowest BCUT2D eigenvalue weighted by atomic mass is 10.1. The fourth-order valence-electron chi connectivity index (χ4n) is 2.46. The number of hydrogen-bond acceptors (Lipinski definition) is 3. The number of ether oxygens (including phenoxy) is 1. The van der Waals surface area contributed by atoms with Crippen LogP contribution in [0, 0.1) is 0 Å². The van der Waals surface area contributed by atoms with E-state index in [-0.39, 0.29) is 23.1 Å². The second kappa shape index (κ2) is 6.26. The molecule has 1 heterocycles. The maximum absolute atomic E-state index is 12.6. The molecule has 5 heteroatoms. The molecule has 0 aromatic heterocycles. The number of rotatable bonds is 4. The van der Waals surface area contributed by atoms with Gasteiger partial charge in [-0.15, -0.1) is 0 Å². The van der Waals surface area contributed by atoms with E-state index < -0.39 is 5.91 Å². The van der Waals surface area contributed by atoms with Crippen LogP contribution in [0.1, 0.15) is 11.1 Å². The SMILES string of the molecule is COc1ccc(CN2C(=O)C(Cl)=C(c3ccccc3)C2=O)cc1. The van der Waals surface area contributed by atoms with Crippen molar-refractivity contribution in [3.63, 3.8) is 0 Å². The number of imide groups is 1. The van der Waals surface area contributed by atoms with Gasteiger partial charge in [0.25, 0.3) is 11.8 Å². The Kier molecular flexibility index (Phi) is 4.17. The monoisotopic (exact) mass is 327 g/mol. The molecular weight excluding hydrogens is 314 g/mol. The second-order valence-corrected chi connectivity index (χ2v) is 5.48. The molecule has 2 aromatic carbocycles. The van der Waals surface area contributed by atoms with Gasteiger partial charge in [-0.2, -0.15) is 0 Å². The van der Waals surface area contributed by atoms with Gasteiger partial charge in [0.05, 0.1) is 19.2 Å². The quantitative estimate of drug-likeness (QED) is 0.810. The Morgan fingerprint density at radius 2 is 1.61 bits per heavy atom. The maximum Gasteiger partial charge on any atom is 0.273 e. The third kappa shape index (κ3) is 2.85. The molecule has 0 saturated heterocycles. The number of hydrogen-bond donors (Lipinski definition) is 0. The Labute approximate surface area is 138 Å². The van der Waals surface area contributed by atoms with Gasteiger partial charge in [0.15, 0.2) is 0 Å². The van der Waals surface area contributed by atoms with Crippen LogP contribution in [0.15, 0.2) is 59.6 Å². The summed E-state index contributed by atoms with van der Waals surface area (Å²) < 4.78 is 5.10. The van der Waals surface area contributed by atoms with Crippen molar-refractivity contribution in [2.45, 2.75) is 6.54 Å². The lowest BCUT2D eigenvalue weighted by Gasteiger charge is -2.15. The number of carbonyl (C=O) groups excluding carboxylic acids is 2. The molecule has 0 saturated carbocycles. The summed E-state index contributed by atoms with van der Waals surface area (Å²) in [5, 5.41) is -0.0327. The van der Waals surface area contributed by atoms with Crippen LogP contribution in [0.5, 0.6) is 5.75 Å². The predicted octanol–water partition coefficient (Wildman–Crippen LogP) is 3.21. The first-order valence-electron chi connectivity index (χ1n) is 7.06. The standard InChI is InChI=1S/C18H14ClNO3/c1-23-14-9-7-12(8-10-14)11-20-17(21)15(16(19)18(20)22)13-5-3-2-4-6-13/h2-10H,11H2,1H3. The highest BCUT2D eigenvalue weighted by Crippen LogP contribution is 2.32. The lowest BCUT2D eigenvalue weighted by Crippen LogP contribution is -2.30.